The molecule has 0 radical (unpaired) electrons. The zero-order chi connectivity index (χ0) is 13.1. The van der Waals surface area contributed by atoms with E-state index < -0.39 is 0 Å². The third-order valence-corrected chi connectivity index (χ3v) is 3.38. The molecule has 2 N–H and O–H groups in total. The van der Waals surface area contributed by atoms with E-state index in [1.54, 1.807) is 0 Å². The van der Waals surface area contributed by atoms with Crippen LogP contribution in [0.5, 0.6) is 0 Å². The summed E-state index contributed by atoms with van der Waals surface area (Å²) in [5.41, 5.74) is 5.66. The van der Waals surface area contributed by atoms with Crippen molar-refractivity contribution in [2.75, 3.05) is 26.2 Å². The molecule has 1 aliphatic heterocycles. The van der Waals surface area contributed by atoms with Gasteiger partial charge in [0, 0.05) is 44.2 Å². The Morgan fingerprint density at radius 3 is 2.18 bits per heavy atom. The lowest BCUT2D eigenvalue weighted by Crippen LogP contribution is -2.51. The minimum absolute atomic E-state index is 0.241. The van der Waals surface area contributed by atoms with Crippen molar-refractivity contribution >= 4 is 5.91 Å². The highest BCUT2D eigenvalue weighted by molar-refractivity contribution is 5.76. The van der Waals surface area contributed by atoms with Crippen molar-refractivity contribution in [3.63, 3.8) is 0 Å². The van der Waals surface area contributed by atoms with E-state index in [0.29, 0.717) is 12.5 Å². The third kappa shape index (κ3) is 5.04. The molecule has 1 saturated heterocycles. The van der Waals surface area contributed by atoms with Crippen LogP contribution in [0.4, 0.5) is 0 Å². The van der Waals surface area contributed by atoms with Gasteiger partial charge in [-0.05, 0) is 34.1 Å². The van der Waals surface area contributed by atoms with Gasteiger partial charge in [0.25, 0.3) is 0 Å². The highest BCUT2D eigenvalue weighted by Crippen LogP contribution is 2.11. The molecule has 1 heterocycles. The van der Waals surface area contributed by atoms with Crippen molar-refractivity contribution < 1.29 is 4.79 Å². The number of nitrogens with two attached hydrogens (primary N) is 1. The average Bonchev–Trinajstić information content (AvgIpc) is 2.25. The first kappa shape index (κ1) is 14.5. The largest absolute Gasteiger partial charge is 0.340 e. The molecule has 17 heavy (non-hydrogen) atoms. The minimum atomic E-state index is -0.241. The average molecular weight is 241 g/mol. The van der Waals surface area contributed by atoms with Crippen LogP contribution < -0.4 is 5.73 Å². The predicted octanol–water partition coefficient (Wildman–Crippen LogP) is 1.06. The van der Waals surface area contributed by atoms with E-state index in [9.17, 15) is 4.79 Å². The van der Waals surface area contributed by atoms with Crippen LogP contribution in [0.15, 0.2) is 0 Å². The van der Waals surface area contributed by atoms with Crippen LogP contribution in [0.2, 0.25) is 0 Å². The number of carbonyl (C=O) groups excluding carboxylic acids is 1. The van der Waals surface area contributed by atoms with E-state index in [4.69, 9.17) is 5.73 Å². The number of hydrogen-bond donors (Lipinski definition) is 1. The van der Waals surface area contributed by atoms with Crippen LogP contribution in [0.25, 0.3) is 0 Å². The lowest BCUT2D eigenvalue weighted by Gasteiger charge is -2.37. The monoisotopic (exact) mass is 241 g/mol. The van der Waals surface area contributed by atoms with E-state index in [-0.39, 0.29) is 11.4 Å². The molecule has 0 unspecified atom stereocenters. The molecule has 0 bridgehead atoms. The van der Waals surface area contributed by atoms with E-state index in [1.165, 1.54) is 0 Å². The van der Waals surface area contributed by atoms with E-state index in [0.717, 1.165) is 32.6 Å². The Balaban J connectivity index is 2.31. The summed E-state index contributed by atoms with van der Waals surface area (Å²) in [4.78, 5) is 16.4. The fraction of sp³-hybridized carbons (Fsp3) is 0.923. The minimum Gasteiger partial charge on any atom is -0.340 e. The van der Waals surface area contributed by atoms with Crippen LogP contribution in [-0.4, -0.2) is 53.5 Å². The molecule has 0 aliphatic carbocycles. The summed E-state index contributed by atoms with van der Waals surface area (Å²) in [6.45, 7) is 12.1. The summed E-state index contributed by atoms with van der Waals surface area (Å²) in [5, 5.41) is 0. The summed E-state index contributed by atoms with van der Waals surface area (Å²) in [5.74, 6) is 0.256. The first-order valence-corrected chi connectivity index (χ1v) is 6.60. The topological polar surface area (TPSA) is 49.6 Å². The summed E-state index contributed by atoms with van der Waals surface area (Å²) < 4.78 is 0. The SMILES string of the molecule is CC(C)N1CCN(C(=O)CCC(C)(C)N)CC1. The zero-order valence-corrected chi connectivity index (χ0v) is 11.7. The second kappa shape index (κ2) is 5.83. The van der Waals surface area contributed by atoms with Crippen molar-refractivity contribution in [2.45, 2.75) is 52.1 Å². The molecule has 0 saturated carbocycles. The van der Waals surface area contributed by atoms with Crippen LogP contribution in [0.3, 0.4) is 0 Å². The highest BCUT2D eigenvalue weighted by atomic mass is 16.2. The molecule has 100 valence electrons. The Bertz CT molecular complexity index is 250. The lowest BCUT2D eigenvalue weighted by atomic mass is 9.99. The van der Waals surface area contributed by atoms with Gasteiger partial charge in [-0.1, -0.05) is 0 Å². The smallest absolute Gasteiger partial charge is 0.222 e. The first-order chi connectivity index (χ1) is 7.79. The molecule has 0 spiro atoms. The number of hydrogen-bond acceptors (Lipinski definition) is 3. The van der Waals surface area contributed by atoms with Gasteiger partial charge in [-0.2, -0.15) is 0 Å². The predicted molar refractivity (Wildman–Crippen MR) is 70.8 cm³/mol. The van der Waals surface area contributed by atoms with Gasteiger partial charge in [0.2, 0.25) is 5.91 Å². The molecule has 0 aromatic rings. The van der Waals surface area contributed by atoms with E-state index in [1.807, 2.05) is 18.7 Å². The van der Waals surface area contributed by atoms with E-state index in [2.05, 4.69) is 18.7 Å². The quantitative estimate of drug-likeness (QED) is 0.800. The Kier molecular flexibility index (Phi) is 4.95. The number of rotatable bonds is 4. The van der Waals surface area contributed by atoms with E-state index >= 15 is 0 Å². The Hall–Kier alpha value is -0.610. The van der Waals surface area contributed by atoms with Gasteiger partial charge in [0.1, 0.15) is 0 Å². The van der Waals surface area contributed by atoms with Gasteiger partial charge >= 0.3 is 0 Å². The molecule has 1 amide bonds. The standard InChI is InChI=1S/C13H27N3O/c1-11(2)15-7-9-16(10-8-15)12(17)5-6-13(3,4)14/h11H,5-10,14H2,1-4H3. The zero-order valence-electron chi connectivity index (χ0n) is 11.7. The summed E-state index contributed by atoms with van der Waals surface area (Å²) in [6.07, 6.45) is 1.33. The van der Waals surface area contributed by atoms with Crippen LogP contribution in [-0.2, 0) is 4.79 Å². The maximum absolute atomic E-state index is 12.0. The maximum Gasteiger partial charge on any atom is 0.222 e. The number of piperazine rings is 1. The van der Waals surface area contributed by atoms with Crippen LogP contribution >= 0.6 is 0 Å². The Morgan fingerprint density at radius 2 is 1.76 bits per heavy atom. The molecule has 0 aromatic heterocycles. The summed E-state index contributed by atoms with van der Waals surface area (Å²) >= 11 is 0. The second-order valence-corrected chi connectivity index (χ2v) is 6.00. The van der Waals surface area contributed by atoms with Crippen molar-refractivity contribution in [1.29, 1.82) is 0 Å². The first-order valence-electron chi connectivity index (χ1n) is 6.60. The van der Waals surface area contributed by atoms with Crippen molar-refractivity contribution in [3.05, 3.63) is 0 Å². The molecule has 1 aliphatic rings. The second-order valence-electron chi connectivity index (χ2n) is 6.00. The maximum atomic E-state index is 12.0. The van der Waals surface area contributed by atoms with Crippen molar-refractivity contribution in [3.8, 4) is 0 Å². The molecule has 0 atom stereocenters. The molecule has 4 nitrogen and oxygen atoms in total. The lowest BCUT2D eigenvalue weighted by molar-refractivity contribution is -0.133. The van der Waals surface area contributed by atoms with Crippen LogP contribution in [0, 0.1) is 0 Å². The third-order valence-electron chi connectivity index (χ3n) is 3.38. The van der Waals surface area contributed by atoms with Crippen molar-refractivity contribution in [1.82, 2.24) is 9.80 Å². The molecule has 1 fully saturated rings. The Labute approximate surface area is 105 Å². The molecule has 0 aromatic carbocycles. The molecule has 4 heteroatoms. The summed E-state index contributed by atoms with van der Waals surface area (Å²) in [6, 6.07) is 0.579. The van der Waals surface area contributed by atoms with Gasteiger partial charge in [-0.15, -0.1) is 0 Å². The van der Waals surface area contributed by atoms with Gasteiger partial charge in [0.15, 0.2) is 0 Å². The Morgan fingerprint density at radius 1 is 1.24 bits per heavy atom. The fourth-order valence-corrected chi connectivity index (χ4v) is 2.07. The van der Waals surface area contributed by atoms with Gasteiger partial charge < -0.3 is 10.6 Å². The summed E-state index contributed by atoms with van der Waals surface area (Å²) in [7, 11) is 0. The van der Waals surface area contributed by atoms with Crippen molar-refractivity contribution in [2.24, 2.45) is 5.73 Å². The molecular formula is C13H27N3O. The molecular weight excluding hydrogens is 214 g/mol. The number of nitrogens with zero attached hydrogens (tertiary/aromatic N) is 2. The fourth-order valence-electron chi connectivity index (χ4n) is 2.07. The number of carbonyl (C=O) groups is 1. The van der Waals surface area contributed by atoms with Gasteiger partial charge in [0.05, 0.1) is 0 Å². The van der Waals surface area contributed by atoms with Gasteiger partial charge in [-0.3, -0.25) is 9.69 Å². The number of amides is 1. The normalized spacial score (nSPS) is 18.8. The van der Waals surface area contributed by atoms with Crippen LogP contribution in [0.1, 0.15) is 40.5 Å². The highest BCUT2D eigenvalue weighted by Gasteiger charge is 2.23. The van der Waals surface area contributed by atoms with Gasteiger partial charge in [-0.25, -0.2) is 0 Å². The molecule has 1 rings (SSSR count).